The molecule has 5 N–H and O–H groups in total. The Morgan fingerprint density at radius 2 is 1.78 bits per heavy atom. The highest BCUT2D eigenvalue weighted by molar-refractivity contribution is 6.32. The van der Waals surface area contributed by atoms with Crippen molar-refractivity contribution in [3.8, 4) is 5.75 Å². The second-order valence-electron chi connectivity index (χ2n) is 11.9. The van der Waals surface area contributed by atoms with Crippen LogP contribution in [0.5, 0.6) is 5.75 Å². The molecule has 2 saturated carbocycles. The number of aryl methyl sites for hydroxylation is 1. The van der Waals surface area contributed by atoms with Gasteiger partial charge in [-0.25, -0.2) is 0 Å². The van der Waals surface area contributed by atoms with Crippen LogP contribution in [0.2, 0.25) is 0 Å². The van der Waals surface area contributed by atoms with Gasteiger partial charge in [-0.05, 0) is 83.5 Å². The van der Waals surface area contributed by atoms with Crippen molar-refractivity contribution in [1.29, 1.82) is 0 Å². The minimum Gasteiger partial charge on any atom is -0.507 e. The molecular formula is C29H38N4O8. The zero-order chi connectivity index (χ0) is 30.4. The number of nitrogens with one attached hydrogen (secondary N) is 1. The van der Waals surface area contributed by atoms with Crippen LogP contribution in [0.4, 0.5) is 0 Å². The number of rotatable bonds is 9. The predicted octanol–water partition coefficient (Wildman–Crippen LogP) is -1.13. The molecule has 2 unspecified atom stereocenters. The molecule has 0 saturated heterocycles. The highest BCUT2D eigenvalue weighted by Gasteiger charge is 2.69. The summed E-state index contributed by atoms with van der Waals surface area (Å²) in [5, 5.41) is 25.2. The number of aliphatic hydroxyl groups is 1. The van der Waals surface area contributed by atoms with Crippen LogP contribution in [0.25, 0.3) is 0 Å². The van der Waals surface area contributed by atoms with Crippen LogP contribution in [-0.2, 0) is 36.8 Å². The molecule has 3 aliphatic carbocycles. The molecule has 2 amide bonds. The zero-order valence-corrected chi connectivity index (χ0v) is 23.8. The maximum Gasteiger partial charge on any atom is 0.235 e. The monoisotopic (exact) mass is 570 g/mol. The number of phenols is 1. The second-order valence-corrected chi connectivity index (χ2v) is 11.9. The summed E-state index contributed by atoms with van der Waals surface area (Å²) in [7, 11) is 6.97. The van der Waals surface area contributed by atoms with Gasteiger partial charge in [-0.2, -0.15) is 0 Å². The summed E-state index contributed by atoms with van der Waals surface area (Å²) in [6, 6.07) is 1.83. The molecule has 0 bridgehead atoms. The summed E-state index contributed by atoms with van der Waals surface area (Å²) in [6.07, 6.45) is 1.39. The van der Waals surface area contributed by atoms with E-state index in [1.165, 1.54) is 25.1 Å². The summed E-state index contributed by atoms with van der Waals surface area (Å²) in [4.78, 5) is 82.1. The molecule has 0 heterocycles. The fourth-order valence-corrected chi connectivity index (χ4v) is 6.86. The number of amides is 2. The first-order chi connectivity index (χ1) is 19.2. The SMILES string of the molecule is CN(C)CCCNC(=O)CCc1ccc(O)c2c1C[C@H]1C[C@H]3[C@H](N(C)C)C(=O)C(C(N)=O)C(=O)[C@@]3(O)C(=O)C1C2=O. The molecule has 0 aromatic heterocycles. The van der Waals surface area contributed by atoms with Crippen molar-refractivity contribution in [3.05, 3.63) is 28.8 Å². The van der Waals surface area contributed by atoms with Crippen molar-refractivity contribution < 1.29 is 39.0 Å². The lowest BCUT2D eigenvalue weighted by atomic mass is 9.52. The third-order valence-corrected chi connectivity index (χ3v) is 8.77. The number of carbonyl (C=O) groups is 6. The Morgan fingerprint density at radius 3 is 2.39 bits per heavy atom. The van der Waals surface area contributed by atoms with Crippen molar-refractivity contribution in [3.63, 3.8) is 0 Å². The molecule has 1 aromatic carbocycles. The summed E-state index contributed by atoms with van der Waals surface area (Å²) in [6.45, 7) is 1.36. The van der Waals surface area contributed by atoms with Gasteiger partial charge >= 0.3 is 0 Å². The zero-order valence-electron chi connectivity index (χ0n) is 23.8. The van der Waals surface area contributed by atoms with E-state index in [0.29, 0.717) is 24.1 Å². The minimum absolute atomic E-state index is 0.0225. The third-order valence-electron chi connectivity index (χ3n) is 8.77. The maximum atomic E-state index is 13.9. The average Bonchev–Trinajstić information content (AvgIpc) is 2.87. The molecular weight excluding hydrogens is 532 g/mol. The van der Waals surface area contributed by atoms with Gasteiger partial charge in [0, 0.05) is 18.9 Å². The Bertz CT molecular complexity index is 1310. The van der Waals surface area contributed by atoms with E-state index in [1.54, 1.807) is 6.07 Å². The second kappa shape index (κ2) is 11.4. The van der Waals surface area contributed by atoms with Crippen LogP contribution in [-0.4, -0.2) is 108 Å². The van der Waals surface area contributed by atoms with Gasteiger partial charge in [0.1, 0.15) is 5.75 Å². The number of aromatic hydroxyl groups is 1. The number of Topliss-reactive ketones (excluding diaryl/α,β-unsaturated/α-hetero) is 4. The quantitative estimate of drug-likeness (QED) is 0.209. The van der Waals surface area contributed by atoms with Crippen molar-refractivity contribution in [2.24, 2.45) is 29.4 Å². The minimum atomic E-state index is -2.76. The number of likely N-dealkylation sites (N-methyl/N-ethyl adjacent to an activating group) is 1. The van der Waals surface area contributed by atoms with Gasteiger partial charge in [0.2, 0.25) is 11.8 Å². The van der Waals surface area contributed by atoms with E-state index >= 15 is 0 Å². The van der Waals surface area contributed by atoms with Gasteiger partial charge in [-0.15, -0.1) is 0 Å². The van der Waals surface area contributed by atoms with Crippen LogP contribution >= 0.6 is 0 Å². The fourth-order valence-electron chi connectivity index (χ4n) is 6.86. The van der Waals surface area contributed by atoms with E-state index in [4.69, 9.17) is 5.73 Å². The summed E-state index contributed by atoms with van der Waals surface area (Å²) in [5.41, 5.74) is 3.70. The Labute approximate surface area is 238 Å². The van der Waals surface area contributed by atoms with Gasteiger partial charge in [0.25, 0.3) is 0 Å². The molecule has 41 heavy (non-hydrogen) atoms. The standard InChI is InChI=1S/C29H38N4O8/c1-32(2)11-5-10-31-19(35)9-7-14-6-8-18(34)21-16(14)12-15-13-17-23(33(3)4)25(37)22(28(30)40)27(39)29(17,41)26(38)20(15)24(21)36/h6,8,15,17,20,22-23,34,41H,5,7,9-13H2,1-4H3,(H2,30,40)(H,31,35)/t15-,17-,20?,22?,23-,29-/m0/s1. The molecule has 1 aromatic rings. The Morgan fingerprint density at radius 1 is 1.10 bits per heavy atom. The molecule has 3 aliphatic rings. The topological polar surface area (TPSA) is 187 Å². The number of primary amides is 1. The fraction of sp³-hybridized carbons (Fsp3) is 0.586. The summed E-state index contributed by atoms with van der Waals surface area (Å²) < 4.78 is 0. The van der Waals surface area contributed by atoms with Crippen LogP contribution < -0.4 is 11.1 Å². The van der Waals surface area contributed by atoms with Crippen molar-refractivity contribution in [2.75, 3.05) is 41.3 Å². The lowest BCUT2D eigenvalue weighted by Crippen LogP contribution is -2.74. The smallest absolute Gasteiger partial charge is 0.235 e. The number of nitrogens with two attached hydrogens (primary N) is 1. The lowest BCUT2D eigenvalue weighted by Gasteiger charge is -2.52. The summed E-state index contributed by atoms with van der Waals surface area (Å²) in [5.74, 6) is -11.0. The number of hydrogen-bond acceptors (Lipinski definition) is 10. The van der Waals surface area contributed by atoms with Gasteiger partial charge < -0.3 is 26.2 Å². The molecule has 2 fully saturated rings. The Kier molecular flexibility index (Phi) is 8.49. The predicted molar refractivity (Wildman–Crippen MR) is 146 cm³/mol. The maximum absolute atomic E-state index is 13.9. The Hall–Kier alpha value is -3.48. The molecule has 4 rings (SSSR count). The van der Waals surface area contributed by atoms with Crippen molar-refractivity contribution >= 4 is 34.9 Å². The normalized spacial score (nSPS) is 29.3. The molecule has 0 aliphatic heterocycles. The number of ketones is 4. The van der Waals surface area contributed by atoms with E-state index in [0.717, 1.165) is 13.0 Å². The number of fused-ring (bicyclic) bond motifs is 3. The van der Waals surface area contributed by atoms with Crippen LogP contribution in [0, 0.1) is 23.7 Å². The first-order valence-corrected chi connectivity index (χ1v) is 13.8. The number of carbonyl (C=O) groups excluding carboxylic acids is 6. The highest BCUT2D eigenvalue weighted by Crippen LogP contribution is 2.51. The van der Waals surface area contributed by atoms with Gasteiger partial charge in [-0.1, -0.05) is 6.07 Å². The molecule has 222 valence electrons. The molecule has 0 radical (unpaired) electrons. The van der Waals surface area contributed by atoms with Gasteiger partial charge in [-0.3, -0.25) is 33.7 Å². The first kappa shape index (κ1) is 30.5. The van der Waals surface area contributed by atoms with E-state index in [-0.39, 0.29) is 36.5 Å². The number of nitrogens with zero attached hydrogens (tertiary/aromatic N) is 2. The molecule has 6 atom stereocenters. The number of benzene rings is 1. The van der Waals surface area contributed by atoms with E-state index in [1.807, 2.05) is 19.0 Å². The Balaban J connectivity index is 1.64. The van der Waals surface area contributed by atoms with Crippen LogP contribution in [0.15, 0.2) is 12.1 Å². The third kappa shape index (κ3) is 5.20. The van der Waals surface area contributed by atoms with Crippen LogP contribution in [0.3, 0.4) is 0 Å². The lowest BCUT2D eigenvalue weighted by molar-refractivity contribution is -0.181. The van der Waals surface area contributed by atoms with Crippen molar-refractivity contribution in [2.45, 2.75) is 43.7 Å². The average molecular weight is 571 g/mol. The van der Waals surface area contributed by atoms with Gasteiger partial charge in [0.05, 0.1) is 17.5 Å². The first-order valence-electron chi connectivity index (χ1n) is 13.8. The van der Waals surface area contributed by atoms with E-state index < -0.39 is 64.4 Å². The molecule has 12 heteroatoms. The molecule has 12 nitrogen and oxygen atoms in total. The van der Waals surface area contributed by atoms with E-state index in [2.05, 4.69) is 5.32 Å². The summed E-state index contributed by atoms with van der Waals surface area (Å²) >= 11 is 0. The number of phenolic OH excluding ortho intramolecular Hbond substituents is 1. The van der Waals surface area contributed by atoms with Crippen LogP contribution in [0.1, 0.15) is 40.7 Å². The molecule has 0 spiro atoms. The number of hydrogen-bond donors (Lipinski definition) is 4. The highest BCUT2D eigenvalue weighted by atomic mass is 16.3. The largest absolute Gasteiger partial charge is 0.507 e. The van der Waals surface area contributed by atoms with E-state index in [9.17, 15) is 39.0 Å². The van der Waals surface area contributed by atoms with Gasteiger partial charge in [0.15, 0.2) is 34.7 Å². The van der Waals surface area contributed by atoms with Crippen molar-refractivity contribution in [1.82, 2.24) is 15.1 Å².